The number of aliphatic hydroxyl groups is 1. The fourth-order valence-corrected chi connectivity index (χ4v) is 2.63. The van der Waals surface area contributed by atoms with Gasteiger partial charge in [0.05, 0.1) is 0 Å². The first-order valence-corrected chi connectivity index (χ1v) is 7.31. The molecule has 1 aliphatic heterocycles. The predicted octanol–water partition coefficient (Wildman–Crippen LogP) is 0.382. The molecule has 6 nitrogen and oxygen atoms in total. The normalized spacial score (nSPS) is 19.4. The van der Waals surface area contributed by atoms with E-state index in [1.807, 2.05) is 0 Å². The fraction of sp³-hybridized carbons (Fsp3) is 0.600. The molecule has 0 saturated carbocycles. The van der Waals surface area contributed by atoms with Crippen molar-refractivity contribution in [3.05, 3.63) is 33.9 Å². The van der Waals surface area contributed by atoms with E-state index >= 15 is 0 Å². The van der Waals surface area contributed by atoms with E-state index in [1.165, 1.54) is 12.1 Å². The summed E-state index contributed by atoms with van der Waals surface area (Å²) < 4.78 is 5.24. The van der Waals surface area contributed by atoms with Crippen molar-refractivity contribution in [1.29, 1.82) is 0 Å². The lowest BCUT2D eigenvalue weighted by atomic mass is 9.99. The summed E-state index contributed by atoms with van der Waals surface area (Å²) in [6, 6.07) is 2.55. The molecule has 2 heterocycles. The number of hydrogen-bond donors (Lipinski definition) is 2. The average molecular weight is 294 g/mol. The smallest absolute Gasteiger partial charge is 0.287 e. The van der Waals surface area contributed by atoms with E-state index in [0.29, 0.717) is 18.2 Å². The highest BCUT2D eigenvalue weighted by Crippen LogP contribution is 2.14. The first kappa shape index (κ1) is 15.7. The van der Waals surface area contributed by atoms with Crippen molar-refractivity contribution >= 4 is 5.91 Å². The summed E-state index contributed by atoms with van der Waals surface area (Å²) in [6.07, 6.45) is 2.14. The minimum absolute atomic E-state index is 0.0480. The summed E-state index contributed by atoms with van der Waals surface area (Å²) in [6.45, 7) is 4.95. The van der Waals surface area contributed by atoms with Crippen molar-refractivity contribution in [1.82, 2.24) is 10.2 Å². The predicted molar refractivity (Wildman–Crippen MR) is 78.3 cm³/mol. The van der Waals surface area contributed by atoms with Gasteiger partial charge < -0.3 is 19.7 Å². The Morgan fingerprint density at radius 2 is 2.33 bits per heavy atom. The number of piperidine rings is 1. The van der Waals surface area contributed by atoms with Gasteiger partial charge in [-0.3, -0.25) is 9.59 Å². The van der Waals surface area contributed by atoms with E-state index in [2.05, 4.69) is 10.2 Å². The Hall–Kier alpha value is -1.66. The molecule has 1 atom stereocenters. The van der Waals surface area contributed by atoms with Crippen molar-refractivity contribution in [2.45, 2.75) is 19.8 Å². The van der Waals surface area contributed by atoms with E-state index in [4.69, 9.17) is 4.42 Å². The number of hydrogen-bond acceptors (Lipinski definition) is 5. The molecule has 1 aromatic rings. The van der Waals surface area contributed by atoms with E-state index in [9.17, 15) is 14.7 Å². The Labute approximate surface area is 123 Å². The molecule has 1 saturated heterocycles. The summed E-state index contributed by atoms with van der Waals surface area (Å²) in [5.74, 6) is 0.442. The summed E-state index contributed by atoms with van der Waals surface area (Å²) in [7, 11) is 0. The first-order valence-electron chi connectivity index (χ1n) is 7.31. The Morgan fingerprint density at radius 1 is 1.52 bits per heavy atom. The molecule has 0 aromatic carbocycles. The first-order chi connectivity index (χ1) is 10.1. The van der Waals surface area contributed by atoms with Gasteiger partial charge in [-0.1, -0.05) is 0 Å². The van der Waals surface area contributed by atoms with Crippen LogP contribution in [0.15, 0.2) is 21.3 Å². The topological polar surface area (TPSA) is 82.8 Å². The quantitative estimate of drug-likeness (QED) is 0.820. The second kappa shape index (κ2) is 7.38. The van der Waals surface area contributed by atoms with Gasteiger partial charge >= 0.3 is 0 Å². The molecule has 116 valence electrons. The van der Waals surface area contributed by atoms with E-state index in [1.54, 1.807) is 6.92 Å². The van der Waals surface area contributed by atoms with E-state index in [-0.39, 0.29) is 23.7 Å². The van der Waals surface area contributed by atoms with Gasteiger partial charge in [-0.25, -0.2) is 0 Å². The number of carbonyl (C=O) groups is 1. The van der Waals surface area contributed by atoms with Gasteiger partial charge in [0.15, 0.2) is 11.2 Å². The minimum atomic E-state index is -0.369. The summed E-state index contributed by atoms with van der Waals surface area (Å²) >= 11 is 0. The molecule has 0 aliphatic carbocycles. The fourth-order valence-electron chi connectivity index (χ4n) is 2.63. The van der Waals surface area contributed by atoms with Crippen LogP contribution in [0, 0.1) is 12.8 Å². The summed E-state index contributed by atoms with van der Waals surface area (Å²) in [5, 5.41) is 11.9. The second-order valence-corrected chi connectivity index (χ2v) is 5.52. The maximum atomic E-state index is 11.9. The molecule has 1 fully saturated rings. The van der Waals surface area contributed by atoms with Gasteiger partial charge in [0.1, 0.15) is 5.76 Å². The van der Waals surface area contributed by atoms with Gasteiger partial charge in [-0.2, -0.15) is 0 Å². The van der Waals surface area contributed by atoms with E-state index < -0.39 is 0 Å². The van der Waals surface area contributed by atoms with Crippen molar-refractivity contribution in [2.75, 3.05) is 32.8 Å². The van der Waals surface area contributed by atoms with Crippen LogP contribution in [-0.2, 0) is 0 Å². The number of carbonyl (C=O) groups excluding carboxylic acids is 1. The third-order valence-corrected chi connectivity index (χ3v) is 3.69. The molecule has 0 spiro atoms. The third-order valence-electron chi connectivity index (χ3n) is 3.69. The molecule has 0 bridgehead atoms. The van der Waals surface area contributed by atoms with Crippen molar-refractivity contribution in [2.24, 2.45) is 5.92 Å². The van der Waals surface area contributed by atoms with Gasteiger partial charge in [-0.05, 0) is 32.2 Å². The minimum Gasteiger partial charge on any atom is -0.456 e. The number of nitrogens with zero attached hydrogens (tertiary/aromatic N) is 1. The highest BCUT2D eigenvalue weighted by atomic mass is 16.3. The molecule has 1 aliphatic rings. The molecular formula is C15H22N2O4. The number of aliphatic hydroxyl groups excluding tert-OH is 1. The molecule has 1 aromatic heterocycles. The monoisotopic (exact) mass is 294 g/mol. The Balaban J connectivity index is 1.80. The van der Waals surface area contributed by atoms with E-state index in [0.717, 1.165) is 32.5 Å². The van der Waals surface area contributed by atoms with Gasteiger partial charge in [0.25, 0.3) is 5.91 Å². The summed E-state index contributed by atoms with van der Waals surface area (Å²) in [5.41, 5.74) is -0.231. The Bertz CT molecular complexity index is 541. The molecule has 6 heteroatoms. The maximum Gasteiger partial charge on any atom is 0.287 e. The number of likely N-dealkylation sites (tertiary alicyclic amines) is 1. The van der Waals surface area contributed by atoms with Gasteiger partial charge in [0.2, 0.25) is 0 Å². The van der Waals surface area contributed by atoms with Crippen LogP contribution in [0.5, 0.6) is 0 Å². The standard InChI is InChI=1S/C15H22N2O4/c1-11-7-13(19)8-14(21-11)15(20)16-4-6-17-5-2-3-12(9-17)10-18/h7-8,12,18H,2-6,9-10H2,1H3,(H,16,20)/t12-/m0/s1. The van der Waals surface area contributed by atoms with Crippen LogP contribution in [0.1, 0.15) is 29.2 Å². The zero-order valence-corrected chi connectivity index (χ0v) is 12.3. The van der Waals surface area contributed by atoms with Crippen LogP contribution in [0.4, 0.5) is 0 Å². The maximum absolute atomic E-state index is 11.9. The lowest BCUT2D eigenvalue weighted by Crippen LogP contribution is -2.41. The molecule has 1 amide bonds. The Kier molecular flexibility index (Phi) is 5.52. The highest BCUT2D eigenvalue weighted by molar-refractivity contribution is 5.91. The van der Waals surface area contributed by atoms with Crippen LogP contribution in [-0.4, -0.2) is 48.7 Å². The highest BCUT2D eigenvalue weighted by Gasteiger charge is 2.19. The number of amides is 1. The van der Waals surface area contributed by atoms with Crippen LogP contribution in [0.25, 0.3) is 0 Å². The van der Waals surface area contributed by atoms with Crippen LogP contribution < -0.4 is 10.7 Å². The van der Waals surface area contributed by atoms with Crippen molar-refractivity contribution in [3.8, 4) is 0 Å². The molecule has 0 radical (unpaired) electrons. The molecule has 2 rings (SSSR count). The molecular weight excluding hydrogens is 272 g/mol. The number of rotatable bonds is 5. The van der Waals surface area contributed by atoms with Gasteiger partial charge in [-0.15, -0.1) is 0 Å². The number of nitrogens with one attached hydrogen (secondary N) is 1. The SMILES string of the molecule is Cc1cc(=O)cc(C(=O)NCCN2CCC[C@H](CO)C2)o1. The zero-order valence-electron chi connectivity index (χ0n) is 12.3. The largest absolute Gasteiger partial charge is 0.456 e. The molecule has 2 N–H and O–H groups in total. The van der Waals surface area contributed by atoms with Crippen molar-refractivity contribution < 1.29 is 14.3 Å². The molecule has 21 heavy (non-hydrogen) atoms. The zero-order chi connectivity index (χ0) is 15.2. The lowest BCUT2D eigenvalue weighted by molar-refractivity contribution is 0.0900. The van der Waals surface area contributed by atoms with Crippen molar-refractivity contribution in [3.63, 3.8) is 0 Å². The van der Waals surface area contributed by atoms with Crippen LogP contribution in [0.3, 0.4) is 0 Å². The second-order valence-electron chi connectivity index (χ2n) is 5.52. The lowest BCUT2D eigenvalue weighted by Gasteiger charge is -2.31. The van der Waals surface area contributed by atoms with Crippen LogP contribution in [0.2, 0.25) is 0 Å². The van der Waals surface area contributed by atoms with Crippen LogP contribution >= 0.6 is 0 Å². The number of aryl methyl sites for hydroxylation is 1. The molecule has 0 unspecified atom stereocenters. The summed E-state index contributed by atoms with van der Waals surface area (Å²) in [4.78, 5) is 25.5. The Morgan fingerprint density at radius 3 is 3.05 bits per heavy atom. The average Bonchev–Trinajstić information content (AvgIpc) is 2.46. The third kappa shape index (κ3) is 4.68. The van der Waals surface area contributed by atoms with Gasteiger partial charge in [0, 0.05) is 38.4 Å².